The van der Waals surface area contributed by atoms with Crippen molar-refractivity contribution in [3.8, 4) is 0 Å². The molecule has 0 aliphatic carbocycles. The van der Waals surface area contributed by atoms with Crippen LogP contribution in [0.15, 0.2) is 30.5 Å². The van der Waals surface area contributed by atoms with E-state index in [9.17, 15) is 4.79 Å². The molecule has 1 unspecified atom stereocenters. The lowest BCUT2D eigenvalue weighted by molar-refractivity contribution is -0.135. The maximum absolute atomic E-state index is 11.0. The number of fused-ring (bicyclic) bond motifs is 3. The minimum Gasteiger partial charge on any atom is -0.434 e. The second-order valence-electron chi connectivity index (χ2n) is 4.90. The Hall–Kier alpha value is -1.77. The molecule has 1 fully saturated rings. The van der Waals surface area contributed by atoms with Gasteiger partial charge in [-0.1, -0.05) is 18.2 Å². The van der Waals surface area contributed by atoms with Crippen LogP contribution >= 0.6 is 0 Å². The number of para-hydroxylation sites is 1. The quantitative estimate of drug-likeness (QED) is 0.561. The Morgan fingerprint density at radius 3 is 3.06 bits per heavy atom. The summed E-state index contributed by atoms with van der Waals surface area (Å²) in [5, 5.41) is 0. The number of esters is 1. The van der Waals surface area contributed by atoms with E-state index in [0.717, 1.165) is 18.5 Å². The Kier molecular flexibility index (Phi) is 2.82. The molecule has 2 heterocycles. The molecule has 1 aromatic carbocycles. The van der Waals surface area contributed by atoms with Crippen molar-refractivity contribution in [2.24, 2.45) is 0 Å². The number of rotatable bonds is 1. The van der Waals surface area contributed by atoms with Gasteiger partial charge in [-0.05, 0) is 25.3 Å². The molecular formula is C15H17NO2. The van der Waals surface area contributed by atoms with Crippen molar-refractivity contribution in [2.45, 2.75) is 32.2 Å². The SMILES string of the molecule is CC(=O)OC=C1c2ccccc2N2CCCCC12. The number of nitrogens with zero attached hydrogens (tertiary/aromatic N) is 1. The Labute approximate surface area is 107 Å². The highest BCUT2D eigenvalue weighted by atomic mass is 16.5. The summed E-state index contributed by atoms with van der Waals surface area (Å²) in [7, 11) is 0. The van der Waals surface area contributed by atoms with Crippen molar-refractivity contribution in [1.29, 1.82) is 0 Å². The fourth-order valence-corrected chi connectivity index (χ4v) is 2.98. The van der Waals surface area contributed by atoms with Gasteiger partial charge in [0.05, 0.1) is 6.04 Å². The van der Waals surface area contributed by atoms with E-state index in [1.165, 1.54) is 31.0 Å². The molecule has 3 heteroatoms. The van der Waals surface area contributed by atoms with Crippen molar-refractivity contribution in [3.05, 3.63) is 36.1 Å². The molecule has 0 saturated carbocycles. The van der Waals surface area contributed by atoms with Crippen LogP contribution in [0.2, 0.25) is 0 Å². The first kappa shape index (κ1) is 11.3. The molecule has 0 radical (unpaired) electrons. The van der Waals surface area contributed by atoms with E-state index >= 15 is 0 Å². The summed E-state index contributed by atoms with van der Waals surface area (Å²) in [5.74, 6) is -0.255. The van der Waals surface area contributed by atoms with E-state index in [1.807, 2.05) is 6.07 Å². The Morgan fingerprint density at radius 2 is 2.22 bits per heavy atom. The zero-order valence-electron chi connectivity index (χ0n) is 10.6. The van der Waals surface area contributed by atoms with Crippen molar-refractivity contribution in [1.82, 2.24) is 0 Å². The van der Waals surface area contributed by atoms with Gasteiger partial charge in [0.15, 0.2) is 0 Å². The lowest BCUT2D eigenvalue weighted by Gasteiger charge is -2.32. The predicted molar refractivity (Wildman–Crippen MR) is 71.2 cm³/mol. The maximum Gasteiger partial charge on any atom is 0.307 e. The molecule has 0 bridgehead atoms. The number of piperidine rings is 1. The number of carbonyl (C=O) groups excluding carboxylic acids is 1. The fourth-order valence-electron chi connectivity index (χ4n) is 2.98. The number of ether oxygens (including phenoxy) is 1. The van der Waals surface area contributed by atoms with Crippen LogP contribution in [-0.4, -0.2) is 18.6 Å². The summed E-state index contributed by atoms with van der Waals surface area (Å²) >= 11 is 0. The summed E-state index contributed by atoms with van der Waals surface area (Å²) < 4.78 is 5.10. The number of hydrogen-bond acceptors (Lipinski definition) is 3. The predicted octanol–water partition coefficient (Wildman–Crippen LogP) is 2.96. The van der Waals surface area contributed by atoms with Gasteiger partial charge in [0.1, 0.15) is 6.26 Å². The highest BCUT2D eigenvalue weighted by Crippen LogP contribution is 2.43. The fraction of sp³-hybridized carbons (Fsp3) is 0.400. The van der Waals surface area contributed by atoms with Crippen LogP contribution in [0.25, 0.3) is 5.57 Å². The molecule has 0 spiro atoms. The zero-order chi connectivity index (χ0) is 12.5. The first-order valence-corrected chi connectivity index (χ1v) is 6.50. The van der Waals surface area contributed by atoms with Crippen LogP contribution in [0.3, 0.4) is 0 Å². The van der Waals surface area contributed by atoms with Crippen LogP contribution in [0, 0.1) is 0 Å². The van der Waals surface area contributed by atoms with Crippen molar-refractivity contribution >= 4 is 17.2 Å². The summed E-state index contributed by atoms with van der Waals surface area (Å²) in [6, 6.07) is 8.76. The molecule has 3 rings (SSSR count). The zero-order valence-corrected chi connectivity index (χ0v) is 10.6. The van der Waals surface area contributed by atoms with E-state index in [1.54, 1.807) is 6.26 Å². The molecule has 3 nitrogen and oxygen atoms in total. The third-order valence-corrected chi connectivity index (χ3v) is 3.74. The minimum atomic E-state index is -0.255. The lowest BCUT2D eigenvalue weighted by Crippen LogP contribution is -2.36. The number of hydrogen-bond donors (Lipinski definition) is 0. The Balaban J connectivity index is 2.02. The van der Waals surface area contributed by atoms with Crippen LogP contribution < -0.4 is 4.90 Å². The molecule has 0 N–H and O–H groups in total. The van der Waals surface area contributed by atoms with Crippen LogP contribution in [-0.2, 0) is 9.53 Å². The smallest absolute Gasteiger partial charge is 0.307 e. The minimum absolute atomic E-state index is 0.255. The summed E-state index contributed by atoms with van der Waals surface area (Å²) in [6.45, 7) is 2.54. The van der Waals surface area contributed by atoms with Crippen molar-refractivity contribution in [2.75, 3.05) is 11.4 Å². The van der Waals surface area contributed by atoms with Crippen LogP contribution in [0.1, 0.15) is 31.7 Å². The molecule has 0 amide bonds. The van der Waals surface area contributed by atoms with E-state index < -0.39 is 0 Å². The summed E-state index contributed by atoms with van der Waals surface area (Å²) in [4.78, 5) is 13.4. The Bertz CT molecular complexity index is 507. The standard InChI is InChI=1S/C15H17NO2/c1-11(17)18-10-13-12-6-2-3-7-14(12)16-9-5-4-8-15(13)16/h2-3,6-7,10,15H,4-5,8-9H2,1H3. The van der Waals surface area contributed by atoms with E-state index in [-0.39, 0.29) is 5.97 Å². The van der Waals surface area contributed by atoms with E-state index in [2.05, 4.69) is 23.1 Å². The maximum atomic E-state index is 11.0. The third kappa shape index (κ3) is 1.80. The second kappa shape index (κ2) is 4.48. The number of anilines is 1. The van der Waals surface area contributed by atoms with Crippen LogP contribution in [0.4, 0.5) is 5.69 Å². The number of benzene rings is 1. The molecule has 94 valence electrons. The third-order valence-electron chi connectivity index (χ3n) is 3.74. The molecule has 2 aliphatic rings. The van der Waals surface area contributed by atoms with E-state index in [0.29, 0.717) is 6.04 Å². The first-order chi connectivity index (χ1) is 8.77. The van der Waals surface area contributed by atoms with E-state index in [4.69, 9.17) is 4.74 Å². The molecule has 2 aliphatic heterocycles. The van der Waals surface area contributed by atoms with Gasteiger partial charge < -0.3 is 9.64 Å². The largest absolute Gasteiger partial charge is 0.434 e. The molecule has 1 aromatic rings. The highest BCUT2D eigenvalue weighted by molar-refractivity contribution is 5.88. The van der Waals surface area contributed by atoms with Gasteiger partial charge in [-0.15, -0.1) is 0 Å². The molecule has 0 aromatic heterocycles. The second-order valence-corrected chi connectivity index (χ2v) is 4.90. The van der Waals surface area contributed by atoms with Gasteiger partial charge in [-0.25, -0.2) is 0 Å². The van der Waals surface area contributed by atoms with Gasteiger partial charge in [-0.2, -0.15) is 0 Å². The molecule has 1 atom stereocenters. The van der Waals surface area contributed by atoms with Gasteiger partial charge in [0, 0.05) is 30.3 Å². The van der Waals surface area contributed by atoms with Gasteiger partial charge in [0.25, 0.3) is 0 Å². The summed E-state index contributed by atoms with van der Waals surface area (Å²) in [5.41, 5.74) is 3.65. The average Bonchev–Trinajstić information content (AvgIpc) is 2.71. The van der Waals surface area contributed by atoms with Crippen molar-refractivity contribution < 1.29 is 9.53 Å². The molecular weight excluding hydrogens is 226 g/mol. The first-order valence-electron chi connectivity index (χ1n) is 6.50. The monoisotopic (exact) mass is 243 g/mol. The molecule has 18 heavy (non-hydrogen) atoms. The Morgan fingerprint density at radius 1 is 1.39 bits per heavy atom. The summed E-state index contributed by atoms with van der Waals surface area (Å²) in [6.07, 6.45) is 5.27. The highest BCUT2D eigenvalue weighted by Gasteiger charge is 2.35. The molecule has 1 saturated heterocycles. The lowest BCUT2D eigenvalue weighted by atomic mass is 9.97. The van der Waals surface area contributed by atoms with Gasteiger partial charge in [-0.3, -0.25) is 4.79 Å². The van der Waals surface area contributed by atoms with Crippen molar-refractivity contribution in [3.63, 3.8) is 0 Å². The topological polar surface area (TPSA) is 29.5 Å². The van der Waals surface area contributed by atoms with Crippen LogP contribution in [0.5, 0.6) is 0 Å². The number of carbonyl (C=O) groups is 1. The van der Waals surface area contributed by atoms with Gasteiger partial charge >= 0.3 is 5.97 Å². The normalized spacial score (nSPS) is 23.7. The van der Waals surface area contributed by atoms with Gasteiger partial charge in [0.2, 0.25) is 0 Å². The average molecular weight is 243 g/mol.